The van der Waals surface area contributed by atoms with Crippen molar-refractivity contribution in [3.05, 3.63) is 29.8 Å². The van der Waals surface area contributed by atoms with Gasteiger partial charge in [-0.3, -0.25) is 4.79 Å². The molecule has 0 radical (unpaired) electrons. The van der Waals surface area contributed by atoms with Crippen LogP contribution in [0.1, 0.15) is 51.1 Å². The second-order valence-corrected chi connectivity index (χ2v) is 6.10. The summed E-state index contributed by atoms with van der Waals surface area (Å²) in [6.07, 6.45) is 3.93. The first-order valence-corrected chi connectivity index (χ1v) is 7.88. The van der Waals surface area contributed by atoms with E-state index in [4.69, 9.17) is 0 Å². The van der Waals surface area contributed by atoms with Gasteiger partial charge >= 0.3 is 0 Å². The molecule has 0 saturated carbocycles. The van der Waals surface area contributed by atoms with Gasteiger partial charge in [0.25, 0.3) is 0 Å². The number of benzene rings is 1. The Balaban J connectivity index is 2.07. The molecule has 3 N–H and O–H groups in total. The van der Waals surface area contributed by atoms with E-state index in [1.807, 2.05) is 13.0 Å². The topological polar surface area (TPSA) is 61.4 Å². The minimum atomic E-state index is -0.280. The van der Waals surface area contributed by atoms with Gasteiger partial charge in [0.05, 0.1) is 11.5 Å². The van der Waals surface area contributed by atoms with Crippen LogP contribution in [0.2, 0.25) is 0 Å². The molecule has 1 aromatic rings. The average Bonchev–Trinajstić information content (AvgIpc) is 2.48. The van der Waals surface area contributed by atoms with E-state index in [0.717, 1.165) is 44.3 Å². The van der Waals surface area contributed by atoms with Gasteiger partial charge in [-0.15, -0.1) is 0 Å². The van der Waals surface area contributed by atoms with Crippen molar-refractivity contribution >= 4 is 5.91 Å². The number of piperidine rings is 1. The van der Waals surface area contributed by atoms with E-state index < -0.39 is 0 Å². The predicted octanol–water partition coefficient (Wildman–Crippen LogP) is 2.74. The van der Waals surface area contributed by atoms with Crippen molar-refractivity contribution in [1.29, 1.82) is 0 Å². The van der Waals surface area contributed by atoms with Crippen molar-refractivity contribution in [3.63, 3.8) is 0 Å². The first kappa shape index (κ1) is 15.8. The minimum absolute atomic E-state index is 0.0970. The molecule has 2 atom stereocenters. The normalized spacial score (nSPS) is 23.5. The zero-order chi connectivity index (χ0) is 15.3. The Hall–Kier alpha value is -1.55. The zero-order valence-electron chi connectivity index (χ0n) is 13.0. The molecule has 0 bridgehead atoms. The highest BCUT2D eigenvalue weighted by Gasteiger charge is 2.39. The van der Waals surface area contributed by atoms with Gasteiger partial charge in [0.15, 0.2) is 0 Å². The summed E-state index contributed by atoms with van der Waals surface area (Å²) in [6, 6.07) is 6.98. The van der Waals surface area contributed by atoms with Crippen LogP contribution in [-0.4, -0.2) is 24.1 Å². The van der Waals surface area contributed by atoms with Crippen LogP contribution in [-0.2, 0) is 4.79 Å². The number of hydrogen-bond acceptors (Lipinski definition) is 3. The maximum atomic E-state index is 12.8. The molecule has 21 heavy (non-hydrogen) atoms. The maximum absolute atomic E-state index is 12.8. The molecule has 1 aliphatic rings. The van der Waals surface area contributed by atoms with Crippen molar-refractivity contribution in [2.45, 2.75) is 45.6 Å². The Morgan fingerprint density at radius 3 is 2.95 bits per heavy atom. The summed E-state index contributed by atoms with van der Waals surface area (Å²) >= 11 is 0. The van der Waals surface area contributed by atoms with Crippen molar-refractivity contribution in [2.24, 2.45) is 5.41 Å². The summed E-state index contributed by atoms with van der Waals surface area (Å²) in [7, 11) is 0. The van der Waals surface area contributed by atoms with Gasteiger partial charge in [-0.05, 0) is 50.4 Å². The van der Waals surface area contributed by atoms with E-state index in [-0.39, 0.29) is 23.1 Å². The molecule has 2 rings (SSSR count). The number of carbonyl (C=O) groups is 1. The Kier molecular flexibility index (Phi) is 5.23. The lowest BCUT2D eigenvalue weighted by molar-refractivity contribution is -0.133. The Morgan fingerprint density at radius 1 is 1.52 bits per heavy atom. The van der Waals surface area contributed by atoms with Crippen molar-refractivity contribution in [3.8, 4) is 5.75 Å². The Bertz CT molecular complexity index is 476. The quantitative estimate of drug-likeness (QED) is 0.781. The molecule has 0 spiro atoms. The molecule has 1 saturated heterocycles. The molecule has 0 aliphatic carbocycles. The molecule has 1 amide bonds. The van der Waals surface area contributed by atoms with Crippen molar-refractivity contribution < 1.29 is 9.90 Å². The zero-order valence-corrected chi connectivity index (χ0v) is 13.0. The van der Waals surface area contributed by atoms with Crippen LogP contribution in [0.4, 0.5) is 0 Å². The lowest BCUT2D eigenvalue weighted by Gasteiger charge is -2.37. The molecule has 1 aromatic carbocycles. The van der Waals surface area contributed by atoms with E-state index in [0.29, 0.717) is 0 Å². The molecule has 1 aliphatic heterocycles. The molecular weight excluding hydrogens is 264 g/mol. The van der Waals surface area contributed by atoms with Crippen LogP contribution in [0.3, 0.4) is 0 Å². The first-order chi connectivity index (χ1) is 10.1. The number of amides is 1. The summed E-state index contributed by atoms with van der Waals surface area (Å²) in [4.78, 5) is 12.8. The largest absolute Gasteiger partial charge is 0.508 e. The molecular formula is C17H26N2O2. The second kappa shape index (κ2) is 6.94. The number of phenols is 1. The monoisotopic (exact) mass is 290 g/mol. The Labute approximate surface area is 126 Å². The van der Waals surface area contributed by atoms with Crippen LogP contribution in [0.5, 0.6) is 5.75 Å². The van der Waals surface area contributed by atoms with E-state index >= 15 is 0 Å². The first-order valence-electron chi connectivity index (χ1n) is 7.88. The number of carbonyl (C=O) groups excluding carboxylic acids is 1. The fraction of sp³-hybridized carbons (Fsp3) is 0.588. The Morgan fingerprint density at radius 2 is 2.33 bits per heavy atom. The number of nitrogens with one attached hydrogen (secondary N) is 2. The summed E-state index contributed by atoms with van der Waals surface area (Å²) in [5.41, 5.74) is 0.650. The van der Waals surface area contributed by atoms with E-state index in [9.17, 15) is 9.90 Å². The van der Waals surface area contributed by atoms with Crippen LogP contribution < -0.4 is 10.6 Å². The maximum Gasteiger partial charge on any atom is 0.227 e. The number of phenolic OH excluding ortho intramolecular Hbond substituents is 1. The van der Waals surface area contributed by atoms with Gasteiger partial charge in [-0.2, -0.15) is 0 Å². The summed E-state index contributed by atoms with van der Waals surface area (Å²) in [6.45, 7) is 5.85. The smallest absolute Gasteiger partial charge is 0.227 e. The van der Waals surface area contributed by atoms with E-state index in [2.05, 4.69) is 17.6 Å². The van der Waals surface area contributed by atoms with E-state index in [1.165, 1.54) is 0 Å². The summed E-state index contributed by atoms with van der Waals surface area (Å²) < 4.78 is 0. The number of aromatic hydroxyl groups is 1. The van der Waals surface area contributed by atoms with E-state index in [1.54, 1.807) is 18.2 Å². The molecule has 1 fully saturated rings. The lowest BCUT2D eigenvalue weighted by atomic mass is 9.76. The third-order valence-corrected chi connectivity index (χ3v) is 4.40. The fourth-order valence-electron chi connectivity index (χ4n) is 3.19. The molecule has 4 heteroatoms. The van der Waals surface area contributed by atoms with Crippen molar-refractivity contribution in [2.75, 3.05) is 13.1 Å². The van der Waals surface area contributed by atoms with Gasteiger partial charge in [0.2, 0.25) is 5.91 Å². The van der Waals surface area contributed by atoms with Crippen LogP contribution in [0.15, 0.2) is 24.3 Å². The van der Waals surface area contributed by atoms with Gasteiger partial charge in [0, 0.05) is 6.54 Å². The standard InChI is InChI=1S/C17H26N2O2/c1-3-8-17(9-5-10-18-12-17)16(21)19-13(2)14-6-4-7-15(20)11-14/h4,6-7,11,13,18,20H,3,5,8-10,12H2,1-2H3,(H,19,21). The third-order valence-electron chi connectivity index (χ3n) is 4.40. The molecule has 116 valence electrons. The molecule has 4 nitrogen and oxygen atoms in total. The third kappa shape index (κ3) is 3.76. The highest BCUT2D eigenvalue weighted by molar-refractivity contribution is 5.83. The molecule has 0 aromatic heterocycles. The highest BCUT2D eigenvalue weighted by Crippen LogP contribution is 2.33. The van der Waals surface area contributed by atoms with Crippen LogP contribution >= 0.6 is 0 Å². The number of hydrogen-bond donors (Lipinski definition) is 3. The van der Waals surface area contributed by atoms with Gasteiger partial charge in [-0.25, -0.2) is 0 Å². The fourth-order valence-corrected chi connectivity index (χ4v) is 3.19. The average molecular weight is 290 g/mol. The number of rotatable bonds is 5. The summed E-state index contributed by atoms with van der Waals surface area (Å²) in [5, 5.41) is 16.0. The van der Waals surface area contributed by atoms with Gasteiger partial charge in [-0.1, -0.05) is 25.5 Å². The SMILES string of the molecule is CCCC1(C(=O)NC(C)c2cccc(O)c2)CCCNC1. The van der Waals surface area contributed by atoms with Gasteiger partial charge < -0.3 is 15.7 Å². The van der Waals surface area contributed by atoms with Crippen molar-refractivity contribution in [1.82, 2.24) is 10.6 Å². The predicted molar refractivity (Wildman–Crippen MR) is 84.1 cm³/mol. The van der Waals surface area contributed by atoms with Gasteiger partial charge in [0.1, 0.15) is 5.75 Å². The summed E-state index contributed by atoms with van der Waals surface area (Å²) in [5.74, 6) is 0.364. The lowest BCUT2D eigenvalue weighted by Crippen LogP contribution is -2.50. The molecule has 2 unspecified atom stereocenters. The minimum Gasteiger partial charge on any atom is -0.508 e. The van der Waals surface area contributed by atoms with Crippen LogP contribution in [0, 0.1) is 5.41 Å². The van der Waals surface area contributed by atoms with Crippen LogP contribution in [0.25, 0.3) is 0 Å². The second-order valence-electron chi connectivity index (χ2n) is 6.10. The highest BCUT2D eigenvalue weighted by atomic mass is 16.3. The molecule has 1 heterocycles.